The number of hydrogen-bond acceptors (Lipinski definition) is 11. The van der Waals surface area contributed by atoms with Gasteiger partial charge in [0.1, 0.15) is 0 Å². The zero-order chi connectivity index (χ0) is 20.5. The Hall–Kier alpha value is 1.86. The molecule has 0 aromatic rings. The molecular weight excluding hydrogens is 513 g/mol. The second-order valence-corrected chi connectivity index (χ2v) is 12.2. The second kappa shape index (κ2) is 9.78. The average molecular weight is 522 g/mol. The molecule has 4 unspecified atom stereocenters. The SMILES string of the molecule is O=P(O)(O)OP(=O)(O)OP(=O)(O)OP(=O)(O)OP(=O)(O)OP(=O)(O)O.[NaH]. The summed E-state index contributed by atoms with van der Waals surface area (Å²) >= 11 is 0. The predicted octanol–water partition coefficient (Wildman–Crippen LogP) is -0.992. The summed E-state index contributed by atoms with van der Waals surface area (Å²) in [7, 11) is -36.2. The molecule has 26 heteroatoms. The van der Waals surface area contributed by atoms with E-state index in [4.69, 9.17) is 39.1 Å². The van der Waals surface area contributed by atoms with Gasteiger partial charge in [-0.05, 0) is 0 Å². The normalized spacial score (nSPS) is 22.2. The molecule has 0 radical (unpaired) electrons. The van der Waals surface area contributed by atoms with Crippen molar-refractivity contribution in [3.8, 4) is 0 Å². The first kappa shape index (κ1) is 30.1. The molecular formula is H9NaO19P6. The summed E-state index contributed by atoms with van der Waals surface area (Å²) in [5.41, 5.74) is 0. The van der Waals surface area contributed by atoms with Crippen LogP contribution in [0.5, 0.6) is 0 Å². The van der Waals surface area contributed by atoms with E-state index in [1.165, 1.54) is 0 Å². The molecule has 0 heterocycles. The molecule has 0 aromatic heterocycles. The molecule has 0 aliphatic rings. The van der Waals surface area contributed by atoms with Crippen molar-refractivity contribution in [2.45, 2.75) is 0 Å². The minimum absolute atomic E-state index is 0. The fourth-order valence-corrected chi connectivity index (χ4v) is 7.55. The third kappa shape index (κ3) is 15.7. The maximum atomic E-state index is 11.2. The van der Waals surface area contributed by atoms with Crippen LogP contribution in [0.15, 0.2) is 0 Å². The molecule has 0 spiro atoms. The van der Waals surface area contributed by atoms with Crippen LogP contribution < -0.4 is 0 Å². The summed E-state index contributed by atoms with van der Waals surface area (Å²) in [6.07, 6.45) is 0. The Bertz CT molecular complexity index is 697. The summed E-state index contributed by atoms with van der Waals surface area (Å²) in [5.74, 6) is 0. The summed E-state index contributed by atoms with van der Waals surface area (Å²) < 4.78 is 80.4. The van der Waals surface area contributed by atoms with Gasteiger partial charge in [-0.15, -0.1) is 0 Å². The molecule has 26 heavy (non-hydrogen) atoms. The summed E-state index contributed by atoms with van der Waals surface area (Å²) in [6.45, 7) is 0. The van der Waals surface area contributed by atoms with E-state index < -0.39 is 46.9 Å². The summed E-state index contributed by atoms with van der Waals surface area (Å²) in [4.78, 5) is 68.1. The van der Waals surface area contributed by atoms with Gasteiger partial charge in [0.05, 0.1) is 0 Å². The predicted molar refractivity (Wildman–Crippen MR) is 76.0 cm³/mol. The van der Waals surface area contributed by atoms with E-state index in [9.17, 15) is 27.4 Å². The Morgan fingerprint density at radius 1 is 0.385 bits per heavy atom. The van der Waals surface area contributed by atoms with Gasteiger partial charge >= 0.3 is 76.5 Å². The summed E-state index contributed by atoms with van der Waals surface area (Å²) in [6, 6.07) is 0. The molecule has 154 valence electrons. The van der Waals surface area contributed by atoms with E-state index in [1.54, 1.807) is 0 Å². The Labute approximate surface area is 164 Å². The molecule has 0 rings (SSSR count). The van der Waals surface area contributed by atoms with Gasteiger partial charge in [-0.25, -0.2) is 27.4 Å². The van der Waals surface area contributed by atoms with Crippen LogP contribution in [-0.4, -0.2) is 68.7 Å². The van der Waals surface area contributed by atoms with Crippen molar-refractivity contribution >= 4 is 76.5 Å². The van der Waals surface area contributed by atoms with Crippen molar-refractivity contribution in [1.82, 2.24) is 0 Å². The fourth-order valence-electron chi connectivity index (χ4n) is 0.720. The summed E-state index contributed by atoms with van der Waals surface area (Å²) in [5, 5.41) is 0. The topological polar surface area (TPSA) is 310 Å². The Morgan fingerprint density at radius 3 is 0.692 bits per heavy atom. The average Bonchev–Trinajstić information content (AvgIpc) is 1.97. The first-order valence-corrected chi connectivity index (χ1v) is 13.6. The van der Waals surface area contributed by atoms with Gasteiger partial charge in [0.25, 0.3) is 0 Å². The Morgan fingerprint density at radius 2 is 0.538 bits per heavy atom. The molecule has 8 N–H and O–H groups in total. The Balaban J connectivity index is 0. The van der Waals surface area contributed by atoms with Gasteiger partial charge in [0, 0.05) is 0 Å². The minimum atomic E-state index is -6.26. The van der Waals surface area contributed by atoms with Crippen LogP contribution in [-0.2, 0) is 48.9 Å². The van der Waals surface area contributed by atoms with Crippen LogP contribution in [0.3, 0.4) is 0 Å². The van der Waals surface area contributed by atoms with Crippen molar-refractivity contribution in [3.63, 3.8) is 0 Å². The zero-order valence-electron chi connectivity index (χ0n) is 10.8. The molecule has 0 aliphatic carbocycles. The monoisotopic (exact) mass is 522 g/mol. The molecule has 0 aromatic carbocycles. The van der Waals surface area contributed by atoms with E-state index in [2.05, 4.69) is 21.6 Å². The molecule has 0 saturated carbocycles. The van der Waals surface area contributed by atoms with E-state index >= 15 is 0 Å². The molecule has 0 aliphatic heterocycles. The maximum absolute atomic E-state index is 11.2. The molecule has 0 fully saturated rings. The van der Waals surface area contributed by atoms with Gasteiger partial charge in [-0.3, -0.25) is 0 Å². The molecule has 4 atom stereocenters. The molecule has 0 amide bonds. The van der Waals surface area contributed by atoms with Crippen LogP contribution >= 0.6 is 46.9 Å². The van der Waals surface area contributed by atoms with Crippen LogP contribution in [0.25, 0.3) is 0 Å². The first-order valence-electron chi connectivity index (χ1n) is 4.52. The van der Waals surface area contributed by atoms with E-state index in [-0.39, 0.29) is 29.6 Å². The molecule has 0 bridgehead atoms. The van der Waals surface area contributed by atoms with Gasteiger partial charge in [-0.2, -0.15) is 21.6 Å². The van der Waals surface area contributed by atoms with Crippen LogP contribution in [0.1, 0.15) is 0 Å². The van der Waals surface area contributed by atoms with E-state index in [1.807, 2.05) is 0 Å². The third-order valence-electron chi connectivity index (χ3n) is 1.04. The van der Waals surface area contributed by atoms with Gasteiger partial charge < -0.3 is 39.1 Å². The quantitative estimate of drug-likeness (QED) is 0.126. The molecule has 19 nitrogen and oxygen atoms in total. The van der Waals surface area contributed by atoms with Gasteiger partial charge in [0.15, 0.2) is 0 Å². The van der Waals surface area contributed by atoms with Crippen molar-refractivity contribution < 1.29 is 88.1 Å². The molecule has 0 saturated heterocycles. The van der Waals surface area contributed by atoms with Crippen LogP contribution in [0, 0.1) is 0 Å². The fraction of sp³-hybridized carbons (Fsp3) is 0. The van der Waals surface area contributed by atoms with Gasteiger partial charge in [0.2, 0.25) is 0 Å². The Kier molecular flexibility index (Phi) is 11.3. The first-order chi connectivity index (χ1) is 10.5. The number of hydrogen-bond donors (Lipinski definition) is 8. The van der Waals surface area contributed by atoms with Gasteiger partial charge in [-0.1, -0.05) is 0 Å². The number of rotatable bonds is 10. The van der Waals surface area contributed by atoms with Crippen molar-refractivity contribution in [1.29, 1.82) is 0 Å². The van der Waals surface area contributed by atoms with Crippen molar-refractivity contribution in [2.75, 3.05) is 0 Å². The van der Waals surface area contributed by atoms with E-state index in [0.29, 0.717) is 0 Å². The van der Waals surface area contributed by atoms with Crippen LogP contribution in [0.2, 0.25) is 0 Å². The third-order valence-corrected chi connectivity index (χ3v) is 9.34. The second-order valence-electron chi connectivity index (χ2n) is 3.26. The van der Waals surface area contributed by atoms with E-state index in [0.717, 1.165) is 0 Å². The van der Waals surface area contributed by atoms with Crippen molar-refractivity contribution in [2.24, 2.45) is 0 Å². The van der Waals surface area contributed by atoms with Crippen LogP contribution in [0.4, 0.5) is 0 Å². The number of phosphoric acid groups is 6. The van der Waals surface area contributed by atoms with Crippen molar-refractivity contribution in [3.05, 3.63) is 0 Å². The standard InChI is InChI=1S/Na.H8O19P6.H/c;1-20(2,3)15-22(7,8)17-24(11,12)19-25(13,14)18-23(9,10)16-21(4,5)6;/h;(H,7,8)(H,9,10)(H,11,12)(H,13,14)(H2,1,2,3)(H2,4,5,6);. The zero-order valence-corrected chi connectivity index (χ0v) is 16.1.